The number of hydrogen-bond donors (Lipinski definition) is 1. The molecule has 1 atom stereocenters. The topological polar surface area (TPSA) is 67.8 Å². The lowest BCUT2D eigenvalue weighted by molar-refractivity contribution is -0.125. The number of oxime groups is 1. The largest absolute Gasteiger partial charge is 0.382 e. The van der Waals surface area contributed by atoms with E-state index in [-0.39, 0.29) is 11.7 Å². The van der Waals surface area contributed by atoms with Crippen LogP contribution in [0.15, 0.2) is 59.8 Å². The highest BCUT2D eigenvalue weighted by molar-refractivity contribution is 6.06. The smallest absolute Gasteiger partial charge is 0.268 e. The number of benzene rings is 2. The zero-order chi connectivity index (χ0) is 16.2. The minimum atomic E-state index is -0.641. The van der Waals surface area contributed by atoms with Crippen molar-refractivity contribution in [2.24, 2.45) is 5.16 Å². The van der Waals surface area contributed by atoms with Crippen molar-refractivity contribution in [2.75, 3.05) is 5.32 Å². The van der Waals surface area contributed by atoms with Gasteiger partial charge in [-0.25, -0.2) is 0 Å². The van der Waals surface area contributed by atoms with Gasteiger partial charge >= 0.3 is 0 Å². The van der Waals surface area contributed by atoms with Gasteiger partial charge in [0.25, 0.3) is 5.91 Å². The first-order chi connectivity index (χ1) is 11.1. The molecule has 0 fully saturated rings. The van der Waals surface area contributed by atoms with Gasteiger partial charge in [-0.3, -0.25) is 9.59 Å². The first-order valence-electron chi connectivity index (χ1n) is 7.33. The van der Waals surface area contributed by atoms with Crippen LogP contribution in [0.1, 0.15) is 29.3 Å². The molecule has 0 aromatic heterocycles. The molecular formula is C18H16N2O3. The number of nitrogens with one attached hydrogen (secondary N) is 1. The van der Waals surface area contributed by atoms with Gasteiger partial charge < -0.3 is 10.2 Å². The number of rotatable bonds is 4. The molecule has 1 unspecified atom stereocenters. The summed E-state index contributed by atoms with van der Waals surface area (Å²) in [7, 11) is 0. The van der Waals surface area contributed by atoms with Crippen LogP contribution in [0.3, 0.4) is 0 Å². The Kier molecular flexibility index (Phi) is 4.19. The molecule has 1 N–H and O–H groups in total. The maximum Gasteiger partial charge on any atom is 0.268 e. The summed E-state index contributed by atoms with van der Waals surface area (Å²) in [6.45, 7) is 1.50. The van der Waals surface area contributed by atoms with Crippen molar-refractivity contribution in [2.45, 2.75) is 19.4 Å². The highest BCUT2D eigenvalue weighted by Gasteiger charge is 2.28. The Labute approximate surface area is 134 Å². The minimum Gasteiger partial charge on any atom is -0.382 e. The van der Waals surface area contributed by atoms with Gasteiger partial charge in [-0.15, -0.1) is 0 Å². The number of carbonyl (C=O) groups is 2. The third-order valence-corrected chi connectivity index (χ3v) is 3.63. The van der Waals surface area contributed by atoms with Crippen LogP contribution < -0.4 is 5.32 Å². The maximum atomic E-state index is 12.2. The quantitative estimate of drug-likeness (QED) is 0.883. The van der Waals surface area contributed by atoms with E-state index < -0.39 is 6.10 Å². The van der Waals surface area contributed by atoms with E-state index >= 15 is 0 Å². The van der Waals surface area contributed by atoms with E-state index in [1.165, 1.54) is 6.92 Å². The van der Waals surface area contributed by atoms with Crippen LogP contribution >= 0.6 is 0 Å². The van der Waals surface area contributed by atoms with E-state index in [2.05, 4.69) is 10.5 Å². The number of carbonyl (C=O) groups excluding carboxylic acids is 2. The van der Waals surface area contributed by atoms with E-state index in [9.17, 15) is 9.59 Å². The second-order valence-corrected chi connectivity index (χ2v) is 5.32. The molecule has 0 bridgehead atoms. The van der Waals surface area contributed by atoms with E-state index in [0.717, 1.165) is 11.3 Å². The van der Waals surface area contributed by atoms with Crippen LogP contribution in [-0.4, -0.2) is 23.5 Å². The van der Waals surface area contributed by atoms with Crippen molar-refractivity contribution in [1.29, 1.82) is 0 Å². The molecule has 0 aliphatic carbocycles. The van der Waals surface area contributed by atoms with Crippen LogP contribution in [0.4, 0.5) is 5.69 Å². The van der Waals surface area contributed by atoms with Crippen LogP contribution in [0.2, 0.25) is 0 Å². The molecule has 116 valence electrons. The van der Waals surface area contributed by atoms with Crippen molar-refractivity contribution in [3.63, 3.8) is 0 Å². The molecule has 0 radical (unpaired) electrons. The van der Waals surface area contributed by atoms with Gasteiger partial charge in [-0.2, -0.15) is 0 Å². The average Bonchev–Trinajstić information content (AvgIpc) is 3.06. The number of ketones is 1. The monoisotopic (exact) mass is 308 g/mol. The molecule has 2 aromatic carbocycles. The standard InChI is InChI=1S/C18H16N2O3/c1-12(21)13-7-9-15(10-8-13)19-18(22)17-11-16(20-23-17)14-5-3-2-4-6-14/h2-10,17H,11H2,1H3,(H,19,22). The third-order valence-electron chi connectivity index (χ3n) is 3.63. The van der Waals surface area contributed by atoms with Crippen molar-refractivity contribution in [3.8, 4) is 0 Å². The second kappa shape index (κ2) is 6.44. The molecular weight excluding hydrogens is 292 g/mol. The summed E-state index contributed by atoms with van der Waals surface area (Å²) in [5, 5.41) is 6.77. The Morgan fingerprint density at radius 3 is 2.43 bits per heavy atom. The fourth-order valence-corrected chi connectivity index (χ4v) is 2.33. The Bertz CT molecular complexity index is 752. The Morgan fingerprint density at radius 1 is 1.09 bits per heavy atom. The van der Waals surface area contributed by atoms with Crippen LogP contribution in [-0.2, 0) is 9.63 Å². The fraction of sp³-hybridized carbons (Fsp3) is 0.167. The van der Waals surface area contributed by atoms with Crippen LogP contribution in [0.25, 0.3) is 0 Å². The zero-order valence-corrected chi connectivity index (χ0v) is 12.7. The third kappa shape index (κ3) is 3.45. The number of Topliss-reactive ketones (excluding diaryl/α,β-unsaturated/α-hetero) is 1. The van der Waals surface area contributed by atoms with Gasteiger partial charge in [0.15, 0.2) is 5.78 Å². The molecule has 1 heterocycles. The summed E-state index contributed by atoms with van der Waals surface area (Å²) >= 11 is 0. The van der Waals surface area contributed by atoms with Gasteiger partial charge in [0.05, 0.1) is 5.71 Å². The minimum absolute atomic E-state index is 0.0112. The number of anilines is 1. The zero-order valence-electron chi connectivity index (χ0n) is 12.7. The van der Waals surface area contributed by atoms with Gasteiger partial charge in [-0.05, 0) is 36.8 Å². The fourth-order valence-electron chi connectivity index (χ4n) is 2.33. The average molecular weight is 308 g/mol. The second-order valence-electron chi connectivity index (χ2n) is 5.32. The Morgan fingerprint density at radius 2 is 1.78 bits per heavy atom. The highest BCUT2D eigenvalue weighted by Crippen LogP contribution is 2.18. The molecule has 1 aliphatic rings. The molecule has 0 spiro atoms. The summed E-state index contributed by atoms with van der Waals surface area (Å²) in [6, 6.07) is 16.4. The lowest BCUT2D eigenvalue weighted by Gasteiger charge is -2.09. The summed E-state index contributed by atoms with van der Waals surface area (Å²) < 4.78 is 0. The van der Waals surface area contributed by atoms with Crippen LogP contribution in [0.5, 0.6) is 0 Å². The van der Waals surface area contributed by atoms with Gasteiger partial charge in [0.1, 0.15) is 0 Å². The molecule has 0 saturated carbocycles. The molecule has 23 heavy (non-hydrogen) atoms. The highest BCUT2D eigenvalue weighted by atomic mass is 16.6. The van der Waals surface area contributed by atoms with Gasteiger partial charge in [-0.1, -0.05) is 35.5 Å². The van der Waals surface area contributed by atoms with Gasteiger partial charge in [0, 0.05) is 17.7 Å². The van der Waals surface area contributed by atoms with E-state index in [1.54, 1.807) is 24.3 Å². The van der Waals surface area contributed by atoms with Crippen molar-refractivity contribution in [3.05, 3.63) is 65.7 Å². The molecule has 5 heteroatoms. The maximum absolute atomic E-state index is 12.2. The summed E-state index contributed by atoms with van der Waals surface area (Å²) in [6.07, 6.45) is -0.209. The van der Waals surface area contributed by atoms with Gasteiger partial charge in [0.2, 0.25) is 6.10 Å². The molecule has 1 aliphatic heterocycles. The predicted octanol–water partition coefficient (Wildman–Crippen LogP) is 3.02. The van der Waals surface area contributed by atoms with Crippen molar-refractivity contribution < 1.29 is 14.4 Å². The molecule has 2 aromatic rings. The SMILES string of the molecule is CC(=O)c1ccc(NC(=O)C2CC(c3ccccc3)=NO2)cc1. The van der Waals surface area contributed by atoms with E-state index in [4.69, 9.17) is 4.84 Å². The summed E-state index contributed by atoms with van der Waals surface area (Å²) in [5.41, 5.74) is 2.94. The normalized spacial score (nSPS) is 16.4. The summed E-state index contributed by atoms with van der Waals surface area (Å²) in [4.78, 5) is 28.7. The Balaban J connectivity index is 1.61. The first-order valence-corrected chi connectivity index (χ1v) is 7.33. The first kappa shape index (κ1) is 15.0. The van der Waals surface area contributed by atoms with E-state index in [1.807, 2.05) is 30.3 Å². The van der Waals surface area contributed by atoms with E-state index in [0.29, 0.717) is 17.7 Å². The number of hydrogen-bond acceptors (Lipinski definition) is 4. The van der Waals surface area contributed by atoms with Crippen LogP contribution in [0, 0.1) is 0 Å². The molecule has 5 nitrogen and oxygen atoms in total. The molecule has 0 saturated heterocycles. The number of amides is 1. The number of nitrogens with zero attached hydrogens (tertiary/aromatic N) is 1. The predicted molar refractivity (Wildman–Crippen MR) is 87.5 cm³/mol. The molecule has 1 amide bonds. The lowest BCUT2D eigenvalue weighted by atomic mass is 10.0. The molecule has 3 rings (SSSR count). The van der Waals surface area contributed by atoms with Crippen molar-refractivity contribution >= 4 is 23.1 Å². The Hall–Kier alpha value is -2.95. The lowest BCUT2D eigenvalue weighted by Crippen LogP contribution is -2.28. The summed E-state index contributed by atoms with van der Waals surface area (Å²) in [5.74, 6) is -0.266. The van der Waals surface area contributed by atoms with Crippen molar-refractivity contribution in [1.82, 2.24) is 0 Å².